The minimum absolute atomic E-state index is 0.0811. The van der Waals surface area contributed by atoms with Crippen LogP contribution in [0.3, 0.4) is 0 Å². The van der Waals surface area contributed by atoms with Crippen molar-refractivity contribution in [3.05, 3.63) is 38.9 Å². The van der Waals surface area contributed by atoms with Gasteiger partial charge in [0, 0.05) is 4.47 Å². The summed E-state index contributed by atoms with van der Waals surface area (Å²) in [5.74, 6) is -0.714. The Balaban J connectivity index is 2.61. The van der Waals surface area contributed by atoms with Gasteiger partial charge in [-0.1, -0.05) is 15.9 Å². The summed E-state index contributed by atoms with van der Waals surface area (Å²) < 4.78 is 5.57. The molecule has 0 unspecified atom stereocenters. The highest BCUT2D eigenvalue weighted by Crippen LogP contribution is 2.15. The van der Waals surface area contributed by atoms with Crippen molar-refractivity contribution in [2.75, 3.05) is 6.61 Å². The van der Waals surface area contributed by atoms with Crippen LogP contribution in [-0.2, 0) is 4.74 Å². The molecule has 0 atom stereocenters. The van der Waals surface area contributed by atoms with Gasteiger partial charge in [-0.2, -0.15) is 0 Å². The van der Waals surface area contributed by atoms with Gasteiger partial charge in [0.05, 0.1) is 17.5 Å². The molecule has 0 aliphatic carbocycles. The Kier molecular flexibility index (Phi) is 3.23. The fourth-order valence-corrected chi connectivity index (χ4v) is 1.76. The predicted octanol–water partition coefficient (Wildman–Crippen LogP) is 1.86. The number of rotatable bonds is 2. The number of nitrogens with one attached hydrogen (secondary N) is 1. The Labute approximate surface area is 105 Å². The van der Waals surface area contributed by atoms with E-state index in [1.165, 1.54) is 0 Å². The molecule has 1 aromatic heterocycles. The molecule has 0 radical (unpaired) electrons. The number of carbonyl (C=O) groups excluding carboxylic acids is 1. The van der Waals surface area contributed by atoms with Crippen molar-refractivity contribution in [3.63, 3.8) is 0 Å². The lowest BCUT2D eigenvalue weighted by molar-refractivity contribution is 0.0512. The second-order valence-electron chi connectivity index (χ2n) is 3.30. The molecular formula is C11H9BrN2O3. The van der Waals surface area contributed by atoms with E-state index in [0.717, 1.165) is 4.47 Å². The lowest BCUT2D eigenvalue weighted by atomic mass is 10.2. The largest absolute Gasteiger partial charge is 0.460 e. The summed E-state index contributed by atoms with van der Waals surface area (Å²) in [6, 6.07) is 5.05. The van der Waals surface area contributed by atoms with Crippen molar-refractivity contribution in [1.82, 2.24) is 9.97 Å². The van der Waals surface area contributed by atoms with Crippen molar-refractivity contribution in [2.45, 2.75) is 6.92 Å². The average Bonchev–Trinajstić information content (AvgIpc) is 2.28. The molecule has 0 aliphatic heterocycles. The maximum atomic E-state index is 11.7. The summed E-state index contributed by atoms with van der Waals surface area (Å²) in [6.45, 7) is 1.92. The third kappa shape index (κ3) is 2.36. The zero-order valence-corrected chi connectivity index (χ0v) is 10.6. The maximum absolute atomic E-state index is 11.7. The minimum atomic E-state index is -0.633. The quantitative estimate of drug-likeness (QED) is 0.859. The zero-order chi connectivity index (χ0) is 12.4. The number of esters is 1. The number of hydrogen-bond acceptors (Lipinski definition) is 4. The summed E-state index contributed by atoms with van der Waals surface area (Å²) in [5, 5.41) is 0.432. The van der Waals surface area contributed by atoms with Crippen LogP contribution in [0.15, 0.2) is 27.5 Å². The van der Waals surface area contributed by atoms with E-state index >= 15 is 0 Å². The van der Waals surface area contributed by atoms with Crippen LogP contribution in [-0.4, -0.2) is 22.5 Å². The van der Waals surface area contributed by atoms with E-state index in [4.69, 9.17) is 4.74 Å². The molecule has 0 saturated carbocycles. The standard InChI is InChI=1S/C11H9BrN2O3/c1-2-17-11(16)9-13-8-5-6(12)3-4-7(8)10(15)14-9/h3-5H,2H2,1H3,(H,13,14,15). The van der Waals surface area contributed by atoms with Crippen LogP contribution in [0.5, 0.6) is 0 Å². The first-order valence-corrected chi connectivity index (χ1v) is 5.78. The van der Waals surface area contributed by atoms with Gasteiger partial charge in [-0.3, -0.25) is 4.79 Å². The molecule has 1 heterocycles. The Hall–Kier alpha value is -1.69. The molecule has 5 nitrogen and oxygen atoms in total. The minimum Gasteiger partial charge on any atom is -0.460 e. The van der Waals surface area contributed by atoms with Gasteiger partial charge in [0.25, 0.3) is 5.56 Å². The molecule has 0 saturated heterocycles. The fraction of sp³-hybridized carbons (Fsp3) is 0.182. The van der Waals surface area contributed by atoms with Crippen molar-refractivity contribution in [2.24, 2.45) is 0 Å². The van der Waals surface area contributed by atoms with E-state index in [9.17, 15) is 9.59 Å². The van der Waals surface area contributed by atoms with Gasteiger partial charge in [0.2, 0.25) is 5.82 Å². The summed E-state index contributed by atoms with van der Waals surface area (Å²) >= 11 is 3.28. The second-order valence-corrected chi connectivity index (χ2v) is 4.21. The molecule has 0 bridgehead atoms. The zero-order valence-electron chi connectivity index (χ0n) is 8.99. The van der Waals surface area contributed by atoms with Gasteiger partial charge in [-0.25, -0.2) is 9.78 Å². The van der Waals surface area contributed by atoms with Crippen LogP contribution in [0.4, 0.5) is 0 Å². The third-order valence-electron chi connectivity index (χ3n) is 2.14. The lowest BCUT2D eigenvalue weighted by Gasteiger charge is -2.02. The number of nitrogens with zero attached hydrogens (tertiary/aromatic N) is 1. The number of aromatic nitrogens is 2. The van der Waals surface area contributed by atoms with Crippen LogP contribution in [0.2, 0.25) is 0 Å². The molecule has 0 aliphatic rings. The van der Waals surface area contributed by atoms with Gasteiger partial charge in [-0.05, 0) is 25.1 Å². The lowest BCUT2D eigenvalue weighted by Crippen LogP contribution is -2.17. The number of aromatic amines is 1. The van der Waals surface area contributed by atoms with Crippen LogP contribution >= 0.6 is 15.9 Å². The highest BCUT2D eigenvalue weighted by Gasteiger charge is 2.12. The number of hydrogen-bond donors (Lipinski definition) is 1. The Morgan fingerprint density at radius 3 is 3.00 bits per heavy atom. The second kappa shape index (κ2) is 4.67. The average molecular weight is 297 g/mol. The predicted molar refractivity (Wildman–Crippen MR) is 66.0 cm³/mol. The molecule has 0 spiro atoms. The van der Waals surface area contributed by atoms with E-state index in [-0.39, 0.29) is 18.0 Å². The molecule has 88 valence electrons. The highest BCUT2D eigenvalue weighted by molar-refractivity contribution is 9.10. The first kappa shape index (κ1) is 11.8. The Morgan fingerprint density at radius 2 is 2.29 bits per heavy atom. The number of carbonyl (C=O) groups is 1. The molecule has 2 aromatic rings. The summed E-state index contributed by atoms with van der Waals surface area (Å²) in [7, 11) is 0. The summed E-state index contributed by atoms with van der Waals surface area (Å²) in [6.07, 6.45) is 0. The van der Waals surface area contributed by atoms with Crippen molar-refractivity contribution < 1.29 is 9.53 Å². The van der Waals surface area contributed by atoms with E-state index in [0.29, 0.717) is 10.9 Å². The Morgan fingerprint density at radius 1 is 1.53 bits per heavy atom. The third-order valence-corrected chi connectivity index (χ3v) is 2.63. The molecule has 0 amide bonds. The number of H-pyrrole nitrogens is 1. The van der Waals surface area contributed by atoms with Gasteiger partial charge in [0.15, 0.2) is 0 Å². The van der Waals surface area contributed by atoms with Crippen molar-refractivity contribution in [3.8, 4) is 0 Å². The molecule has 1 N–H and O–H groups in total. The highest BCUT2D eigenvalue weighted by atomic mass is 79.9. The van der Waals surface area contributed by atoms with E-state index in [2.05, 4.69) is 25.9 Å². The van der Waals surface area contributed by atoms with Crippen molar-refractivity contribution in [1.29, 1.82) is 0 Å². The van der Waals surface area contributed by atoms with Crippen LogP contribution in [0.1, 0.15) is 17.5 Å². The molecule has 6 heteroatoms. The number of ether oxygens (including phenoxy) is 1. The van der Waals surface area contributed by atoms with Crippen LogP contribution in [0.25, 0.3) is 10.9 Å². The first-order valence-electron chi connectivity index (χ1n) is 4.98. The van der Waals surface area contributed by atoms with Crippen LogP contribution < -0.4 is 5.56 Å². The van der Waals surface area contributed by atoms with Gasteiger partial charge >= 0.3 is 5.97 Å². The number of benzene rings is 1. The SMILES string of the molecule is CCOC(=O)c1nc2cc(Br)ccc2c(=O)[nH]1. The van der Waals surface area contributed by atoms with Gasteiger partial charge in [-0.15, -0.1) is 0 Å². The normalized spacial score (nSPS) is 10.5. The number of fused-ring (bicyclic) bond motifs is 1. The Bertz CT molecular complexity index is 636. The smallest absolute Gasteiger partial charge is 0.374 e. The molecule has 17 heavy (non-hydrogen) atoms. The summed E-state index contributed by atoms with van der Waals surface area (Å²) in [5.41, 5.74) is 0.0942. The first-order chi connectivity index (χ1) is 8.11. The summed E-state index contributed by atoms with van der Waals surface area (Å²) in [4.78, 5) is 29.6. The van der Waals surface area contributed by atoms with Gasteiger partial charge < -0.3 is 9.72 Å². The fourth-order valence-electron chi connectivity index (χ4n) is 1.41. The van der Waals surface area contributed by atoms with E-state index in [1.807, 2.05) is 0 Å². The van der Waals surface area contributed by atoms with E-state index in [1.54, 1.807) is 25.1 Å². The monoisotopic (exact) mass is 296 g/mol. The molecule has 1 aromatic carbocycles. The molecule has 0 fully saturated rings. The molecule has 2 rings (SSSR count). The molecular weight excluding hydrogens is 288 g/mol. The van der Waals surface area contributed by atoms with Gasteiger partial charge in [0.1, 0.15) is 0 Å². The van der Waals surface area contributed by atoms with Crippen LogP contribution in [0, 0.1) is 0 Å². The van der Waals surface area contributed by atoms with Crippen molar-refractivity contribution >= 4 is 32.8 Å². The topological polar surface area (TPSA) is 72.0 Å². The number of halogens is 1. The maximum Gasteiger partial charge on any atom is 0.374 e. The van der Waals surface area contributed by atoms with E-state index < -0.39 is 5.97 Å².